The number of hydrogen-bond donors (Lipinski definition) is 1. The normalized spacial score (nSPS) is 30.0. The topological polar surface area (TPSA) is 103 Å². The molecule has 116 valence electrons. The van der Waals surface area contributed by atoms with Crippen LogP contribution in [0.4, 0.5) is 11.4 Å². The van der Waals surface area contributed by atoms with Gasteiger partial charge in [-0.05, 0) is 31.2 Å². The highest BCUT2D eigenvalue weighted by molar-refractivity contribution is 5.92. The van der Waals surface area contributed by atoms with E-state index in [9.17, 15) is 10.1 Å². The van der Waals surface area contributed by atoms with E-state index < -0.39 is 4.92 Å². The SMILES string of the molecule is COC1CC2CCC1C2Nc1ccc([N+](=O)[O-])c2onnc12. The molecule has 1 aromatic carbocycles. The van der Waals surface area contributed by atoms with E-state index in [1.807, 2.05) is 0 Å². The maximum atomic E-state index is 11.0. The summed E-state index contributed by atoms with van der Waals surface area (Å²) in [5.74, 6) is 1.04. The summed E-state index contributed by atoms with van der Waals surface area (Å²) >= 11 is 0. The van der Waals surface area contributed by atoms with E-state index >= 15 is 0 Å². The second-order valence-electron chi connectivity index (χ2n) is 6.02. The van der Waals surface area contributed by atoms with Gasteiger partial charge in [-0.3, -0.25) is 10.1 Å². The molecule has 0 spiro atoms. The zero-order chi connectivity index (χ0) is 15.3. The Morgan fingerprint density at radius 3 is 3.05 bits per heavy atom. The third-order valence-electron chi connectivity index (χ3n) is 5.06. The minimum atomic E-state index is -0.487. The lowest BCUT2D eigenvalue weighted by Crippen LogP contribution is -2.28. The predicted molar refractivity (Wildman–Crippen MR) is 77.5 cm³/mol. The van der Waals surface area contributed by atoms with Crippen LogP contribution in [0.15, 0.2) is 16.7 Å². The molecule has 0 amide bonds. The zero-order valence-corrected chi connectivity index (χ0v) is 12.1. The minimum absolute atomic E-state index is 0.114. The summed E-state index contributed by atoms with van der Waals surface area (Å²) in [6.07, 6.45) is 3.69. The van der Waals surface area contributed by atoms with Gasteiger partial charge in [0.2, 0.25) is 0 Å². The number of fused-ring (bicyclic) bond motifs is 3. The van der Waals surface area contributed by atoms with Crippen molar-refractivity contribution < 1.29 is 14.2 Å². The molecule has 2 fully saturated rings. The van der Waals surface area contributed by atoms with Crippen molar-refractivity contribution in [2.75, 3.05) is 12.4 Å². The molecule has 8 nitrogen and oxygen atoms in total. The maximum absolute atomic E-state index is 11.0. The van der Waals surface area contributed by atoms with Gasteiger partial charge in [0.15, 0.2) is 5.52 Å². The van der Waals surface area contributed by atoms with Gasteiger partial charge in [0, 0.05) is 30.4 Å². The van der Waals surface area contributed by atoms with Crippen molar-refractivity contribution in [2.45, 2.75) is 31.4 Å². The largest absolute Gasteiger partial charge is 0.381 e. The molecule has 0 radical (unpaired) electrons. The van der Waals surface area contributed by atoms with Crippen LogP contribution in [0.1, 0.15) is 19.3 Å². The fourth-order valence-electron chi connectivity index (χ4n) is 4.06. The molecule has 1 heterocycles. The number of nitro benzene ring substituents is 1. The summed E-state index contributed by atoms with van der Waals surface area (Å²) in [6, 6.07) is 3.43. The van der Waals surface area contributed by atoms with E-state index in [2.05, 4.69) is 15.7 Å². The second kappa shape index (κ2) is 4.91. The van der Waals surface area contributed by atoms with E-state index in [4.69, 9.17) is 9.26 Å². The number of rotatable bonds is 4. The average Bonchev–Trinajstić information content (AvgIpc) is 3.21. The first-order chi connectivity index (χ1) is 10.7. The van der Waals surface area contributed by atoms with Crippen LogP contribution in [0.5, 0.6) is 0 Å². The van der Waals surface area contributed by atoms with Crippen molar-refractivity contribution in [3.05, 3.63) is 22.2 Å². The van der Waals surface area contributed by atoms with Gasteiger partial charge in [-0.25, -0.2) is 0 Å². The Bertz CT molecular complexity index is 731. The number of hydrogen-bond acceptors (Lipinski definition) is 7. The van der Waals surface area contributed by atoms with Gasteiger partial charge < -0.3 is 14.6 Å². The number of anilines is 1. The number of methoxy groups -OCH3 is 1. The van der Waals surface area contributed by atoms with Crippen molar-refractivity contribution in [2.24, 2.45) is 11.8 Å². The Balaban J connectivity index is 1.67. The number of ether oxygens (including phenoxy) is 1. The third-order valence-corrected chi connectivity index (χ3v) is 5.06. The average molecular weight is 304 g/mol. The molecule has 8 heteroatoms. The first kappa shape index (κ1) is 13.4. The number of nitrogens with one attached hydrogen (secondary N) is 1. The van der Waals surface area contributed by atoms with Crippen LogP contribution >= 0.6 is 0 Å². The van der Waals surface area contributed by atoms with Crippen molar-refractivity contribution >= 4 is 22.5 Å². The van der Waals surface area contributed by atoms with Gasteiger partial charge in [0.25, 0.3) is 5.58 Å². The van der Waals surface area contributed by atoms with Gasteiger partial charge in [-0.15, -0.1) is 5.10 Å². The van der Waals surface area contributed by atoms with E-state index in [0.717, 1.165) is 18.5 Å². The predicted octanol–water partition coefficient (Wildman–Crippen LogP) is 2.36. The Labute approximate surface area is 125 Å². The number of nitro groups is 1. The molecule has 22 heavy (non-hydrogen) atoms. The summed E-state index contributed by atoms with van der Waals surface area (Å²) in [5, 5.41) is 21.9. The number of nitrogens with zero attached hydrogens (tertiary/aromatic N) is 3. The molecule has 2 aromatic rings. The van der Waals surface area contributed by atoms with E-state index in [1.165, 1.54) is 12.5 Å². The van der Waals surface area contributed by atoms with Crippen LogP contribution < -0.4 is 5.32 Å². The van der Waals surface area contributed by atoms with Gasteiger partial charge in [-0.2, -0.15) is 0 Å². The second-order valence-corrected chi connectivity index (χ2v) is 6.02. The highest BCUT2D eigenvalue weighted by atomic mass is 16.6. The summed E-state index contributed by atoms with van der Waals surface area (Å²) in [5.41, 5.74) is 1.15. The molecule has 1 aromatic heterocycles. The minimum Gasteiger partial charge on any atom is -0.381 e. The lowest BCUT2D eigenvalue weighted by molar-refractivity contribution is -0.383. The van der Waals surface area contributed by atoms with Crippen LogP contribution in [0.3, 0.4) is 0 Å². The highest BCUT2D eigenvalue weighted by Crippen LogP contribution is 2.47. The van der Waals surface area contributed by atoms with Crippen molar-refractivity contribution in [1.82, 2.24) is 10.4 Å². The molecule has 4 unspecified atom stereocenters. The number of non-ortho nitro benzene ring substituents is 1. The van der Waals surface area contributed by atoms with Crippen molar-refractivity contribution in [3.8, 4) is 0 Å². The van der Waals surface area contributed by atoms with Crippen LogP contribution in [0.25, 0.3) is 11.1 Å². The fraction of sp³-hybridized carbons (Fsp3) is 0.571. The van der Waals surface area contributed by atoms with Crippen molar-refractivity contribution in [3.63, 3.8) is 0 Å². The summed E-state index contributed by atoms with van der Waals surface area (Å²) in [7, 11) is 1.76. The Morgan fingerprint density at radius 1 is 1.45 bits per heavy atom. The Morgan fingerprint density at radius 2 is 2.32 bits per heavy atom. The maximum Gasteiger partial charge on any atom is 0.316 e. The molecular formula is C14H16N4O4. The lowest BCUT2D eigenvalue weighted by atomic mass is 9.98. The van der Waals surface area contributed by atoms with Gasteiger partial charge in [0.1, 0.15) is 0 Å². The zero-order valence-electron chi connectivity index (χ0n) is 12.1. The van der Waals surface area contributed by atoms with E-state index in [1.54, 1.807) is 13.2 Å². The van der Waals surface area contributed by atoms with Gasteiger partial charge >= 0.3 is 5.69 Å². The third kappa shape index (κ3) is 1.87. The number of benzene rings is 1. The molecule has 4 rings (SSSR count). The van der Waals surface area contributed by atoms with E-state index in [0.29, 0.717) is 29.5 Å². The molecule has 2 aliphatic carbocycles. The molecule has 2 bridgehead atoms. The van der Waals surface area contributed by atoms with Crippen LogP contribution in [-0.4, -0.2) is 34.5 Å². The monoisotopic (exact) mass is 304 g/mol. The molecular weight excluding hydrogens is 288 g/mol. The molecule has 0 aliphatic heterocycles. The highest BCUT2D eigenvalue weighted by Gasteiger charge is 2.48. The first-order valence-electron chi connectivity index (χ1n) is 7.38. The molecule has 4 atom stereocenters. The molecule has 0 saturated heterocycles. The summed E-state index contributed by atoms with van der Waals surface area (Å²) in [6.45, 7) is 0. The van der Waals surface area contributed by atoms with Crippen LogP contribution in [-0.2, 0) is 4.74 Å². The Kier molecular flexibility index (Phi) is 3.00. The van der Waals surface area contributed by atoms with Crippen molar-refractivity contribution in [1.29, 1.82) is 0 Å². The van der Waals surface area contributed by atoms with Crippen LogP contribution in [0, 0.1) is 22.0 Å². The standard InChI is InChI=1S/C14H16N4O4/c1-21-11-6-7-2-3-8(11)12(7)15-9-4-5-10(18(19)20)14-13(9)16-17-22-14/h4-5,7-8,11-12,15H,2-3,6H2,1H3. The summed E-state index contributed by atoms with van der Waals surface area (Å²) < 4.78 is 10.5. The summed E-state index contributed by atoms with van der Waals surface area (Å²) in [4.78, 5) is 10.5. The lowest BCUT2D eigenvalue weighted by Gasteiger charge is -2.21. The van der Waals surface area contributed by atoms with Gasteiger partial charge in [-0.1, -0.05) is 0 Å². The fourth-order valence-corrected chi connectivity index (χ4v) is 4.06. The first-order valence-corrected chi connectivity index (χ1v) is 7.38. The quantitative estimate of drug-likeness (QED) is 0.683. The molecule has 2 saturated carbocycles. The van der Waals surface area contributed by atoms with E-state index in [-0.39, 0.29) is 11.3 Å². The molecule has 2 aliphatic rings. The Hall–Kier alpha value is -2.22. The smallest absolute Gasteiger partial charge is 0.316 e. The number of aromatic nitrogens is 2. The molecule has 1 N–H and O–H groups in total. The van der Waals surface area contributed by atoms with Crippen LogP contribution in [0.2, 0.25) is 0 Å². The van der Waals surface area contributed by atoms with Gasteiger partial charge in [0.05, 0.1) is 16.7 Å².